The van der Waals surface area contributed by atoms with Crippen LogP contribution in [0.3, 0.4) is 0 Å². The van der Waals surface area contributed by atoms with Gasteiger partial charge < -0.3 is 4.90 Å². The van der Waals surface area contributed by atoms with Crippen LogP contribution < -0.4 is 4.90 Å². The molecule has 0 amide bonds. The van der Waals surface area contributed by atoms with Crippen molar-refractivity contribution >= 4 is 16.7 Å². The van der Waals surface area contributed by atoms with E-state index in [0.29, 0.717) is 0 Å². The molecule has 2 aromatic heterocycles. The average Bonchev–Trinajstić information content (AvgIpc) is 3.09. The second-order valence-corrected chi connectivity index (χ2v) is 5.58. The van der Waals surface area contributed by atoms with Crippen LogP contribution in [0.1, 0.15) is 19.3 Å². The molecule has 1 aromatic carbocycles. The zero-order chi connectivity index (χ0) is 14.1. The van der Waals surface area contributed by atoms with Gasteiger partial charge in [-0.05, 0) is 37.0 Å². The maximum atomic E-state index is 4.86. The molecule has 1 aliphatic rings. The fraction of sp³-hybridized carbons (Fsp3) is 0.294. The lowest BCUT2D eigenvalue weighted by Gasteiger charge is -2.28. The van der Waals surface area contributed by atoms with Gasteiger partial charge in [-0.1, -0.05) is 18.2 Å². The summed E-state index contributed by atoms with van der Waals surface area (Å²) in [5, 5.41) is 8.18. The highest BCUT2D eigenvalue weighted by Crippen LogP contribution is 2.31. The quantitative estimate of drug-likeness (QED) is 0.778. The van der Waals surface area contributed by atoms with E-state index in [-0.39, 0.29) is 0 Å². The van der Waals surface area contributed by atoms with Gasteiger partial charge >= 0.3 is 0 Å². The third-order valence-corrected chi connectivity index (χ3v) is 4.19. The molecule has 1 fully saturated rings. The Bertz CT molecular complexity index is 743. The molecule has 106 valence electrons. The highest BCUT2D eigenvalue weighted by Gasteiger charge is 2.15. The summed E-state index contributed by atoms with van der Waals surface area (Å²) in [7, 11) is 0. The van der Waals surface area contributed by atoms with E-state index in [1.807, 2.05) is 12.4 Å². The van der Waals surface area contributed by atoms with E-state index in [4.69, 9.17) is 4.98 Å². The molecule has 1 N–H and O–H groups in total. The number of piperidine rings is 1. The van der Waals surface area contributed by atoms with Gasteiger partial charge in [0.2, 0.25) is 0 Å². The number of hydrogen-bond donors (Lipinski definition) is 1. The molecule has 21 heavy (non-hydrogen) atoms. The minimum atomic E-state index is 1.05. The Kier molecular flexibility index (Phi) is 3.07. The maximum Gasteiger partial charge on any atom is 0.129 e. The van der Waals surface area contributed by atoms with Gasteiger partial charge in [-0.15, -0.1) is 0 Å². The Labute approximate surface area is 123 Å². The van der Waals surface area contributed by atoms with Gasteiger partial charge in [0.15, 0.2) is 0 Å². The molecule has 1 aliphatic heterocycles. The molecule has 0 unspecified atom stereocenters. The fourth-order valence-corrected chi connectivity index (χ4v) is 3.08. The van der Waals surface area contributed by atoms with Crippen LogP contribution in [-0.2, 0) is 0 Å². The van der Waals surface area contributed by atoms with Crippen molar-refractivity contribution < 1.29 is 0 Å². The third-order valence-electron chi connectivity index (χ3n) is 4.19. The van der Waals surface area contributed by atoms with Crippen LogP contribution in [-0.4, -0.2) is 28.3 Å². The first-order valence-electron chi connectivity index (χ1n) is 7.56. The summed E-state index contributed by atoms with van der Waals surface area (Å²) >= 11 is 0. The van der Waals surface area contributed by atoms with Crippen molar-refractivity contribution in [2.24, 2.45) is 0 Å². The minimum Gasteiger partial charge on any atom is -0.357 e. The summed E-state index contributed by atoms with van der Waals surface area (Å²) in [4.78, 5) is 7.27. The summed E-state index contributed by atoms with van der Waals surface area (Å²) in [5.74, 6) is 1.09. The molecule has 0 bridgehead atoms. The second-order valence-electron chi connectivity index (χ2n) is 5.58. The van der Waals surface area contributed by atoms with Gasteiger partial charge in [0.1, 0.15) is 5.82 Å². The third kappa shape index (κ3) is 2.27. The van der Waals surface area contributed by atoms with Crippen LogP contribution in [0.2, 0.25) is 0 Å². The number of rotatable bonds is 2. The Morgan fingerprint density at radius 3 is 2.71 bits per heavy atom. The Balaban J connectivity index is 1.89. The van der Waals surface area contributed by atoms with Crippen LogP contribution in [0, 0.1) is 0 Å². The second kappa shape index (κ2) is 5.20. The van der Waals surface area contributed by atoms with E-state index in [2.05, 4.69) is 45.4 Å². The van der Waals surface area contributed by atoms with Crippen LogP contribution in [0.4, 0.5) is 5.82 Å². The number of H-pyrrole nitrogens is 1. The van der Waals surface area contributed by atoms with Gasteiger partial charge in [0.05, 0.1) is 11.7 Å². The van der Waals surface area contributed by atoms with E-state index in [1.54, 1.807) is 0 Å². The Hall–Kier alpha value is -2.36. The van der Waals surface area contributed by atoms with Crippen molar-refractivity contribution in [1.82, 2.24) is 15.2 Å². The molecule has 0 atom stereocenters. The topological polar surface area (TPSA) is 44.8 Å². The summed E-state index contributed by atoms with van der Waals surface area (Å²) < 4.78 is 0. The normalized spacial score (nSPS) is 15.5. The number of fused-ring (bicyclic) bond motifs is 1. The average molecular weight is 278 g/mol. The number of nitrogens with zero attached hydrogens (tertiary/aromatic N) is 3. The lowest BCUT2D eigenvalue weighted by molar-refractivity contribution is 0.574. The monoisotopic (exact) mass is 278 g/mol. The van der Waals surface area contributed by atoms with Crippen LogP contribution in [0.5, 0.6) is 0 Å². The van der Waals surface area contributed by atoms with Crippen molar-refractivity contribution in [1.29, 1.82) is 0 Å². The Morgan fingerprint density at radius 1 is 1.05 bits per heavy atom. The van der Waals surface area contributed by atoms with Gasteiger partial charge in [0, 0.05) is 30.2 Å². The number of pyridine rings is 1. The van der Waals surface area contributed by atoms with Crippen LogP contribution in [0.15, 0.2) is 42.7 Å². The molecular formula is C17H18N4. The van der Waals surface area contributed by atoms with Crippen molar-refractivity contribution in [2.75, 3.05) is 18.0 Å². The molecule has 0 radical (unpaired) electrons. The summed E-state index contributed by atoms with van der Waals surface area (Å²) in [6.07, 6.45) is 7.67. The first-order valence-corrected chi connectivity index (χ1v) is 7.56. The van der Waals surface area contributed by atoms with Crippen molar-refractivity contribution in [2.45, 2.75) is 19.3 Å². The maximum absolute atomic E-state index is 4.86. The predicted molar refractivity (Wildman–Crippen MR) is 85.4 cm³/mol. The molecule has 0 aliphatic carbocycles. The molecule has 3 aromatic rings. The van der Waals surface area contributed by atoms with Crippen LogP contribution in [0.25, 0.3) is 22.0 Å². The van der Waals surface area contributed by atoms with E-state index < -0.39 is 0 Å². The van der Waals surface area contributed by atoms with Crippen molar-refractivity contribution in [3.05, 3.63) is 42.7 Å². The minimum absolute atomic E-state index is 1.05. The zero-order valence-corrected chi connectivity index (χ0v) is 11.9. The number of aromatic amines is 1. The summed E-state index contributed by atoms with van der Waals surface area (Å²) in [6.45, 7) is 2.21. The van der Waals surface area contributed by atoms with E-state index in [9.17, 15) is 0 Å². The van der Waals surface area contributed by atoms with E-state index in [0.717, 1.165) is 30.0 Å². The van der Waals surface area contributed by atoms with Gasteiger partial charge in [0.25, 0.3) is 0 Å². The van der Waals surface area contributed by atoms with Crippen molar-refractivity contribution in [3.8, 4) is 11.1 Å². The van der Waals surface area contributed by atoms with Crippen molar-refractivity contribution in [3.63, 3.8) is 0 Å². The number of anilines is 1. The molecule has 4 nitrogen and oxygen atoms in total. The van der Waals surface area contributed by atoms with E-state index >= 15 is 0 Å². The lowest BCUT2D eigenvalue weighted by Crippen LogP contribution is -2.30. The van der Waals surface area contributed by atoms with Gasteiger partial charge in [-0.3, -0.25) is 5.10 Å². The number of hydrogen-bond acceptors (Lipinski definition) is 3. The standard InChI is InChI=1S/C17H18N4/c1-4-8-21(9-5-1)17-10-15(13-11-18-19-12-13)14-6-2-3-7-16(14)20-17/h2-3,6-7,10-12H,1,4-5,8-9H2,(H,18,19). The first kappa shape index (κ1) is 12.4. The number of benzene rings is 1. The fourth-order valence-electron chi connectivity index (χ4n) is 3.08. The molecule has 3 heterocycles. The number of aromatic nitrogens is 3. The highest BCUT2D eigenvalue weighted by atomic mass is 15.2. The molecule has 1 saturated heterocycles. The first-order chi connectivity index (χ1) is 10.4. The number of para-hydroxylation sites is 1. The highest BCUT2D eigenvalue weighted by molar-refractivity contribution is 5.95. The molecule has 0 spiro atoms. The van der Waals surface area contributed by atoms with Gasteiger partial charge in [-0.2, -0.15) is 5.10 Å². The molecular weight excluding hydrogens is 260 g/mol. The SMILES string of the molecule is c1ccc2c(-c3cn[nH]c3)cc(N3CCCCC3)nc2c1. The lowest BCUT2D eigenvalue weighted by atomic mass is 10.0. The Morgan fingerprint density at radius 2 is 1.90 bits per heavy atom. The molecule has 0 saturated carbocycles. The summed E-state index contributed by atoms with van der Waals surface area (Å²) in [5.41, 5.74) is 3.37. The smallest absolute Gasteiger partial charge is 0.129 e. The number of nitrogens with one attached hydrogen (secondary N) is 1. The van der Waals surface area contributed by atoms with Crippen LogP contribution >= 0.6 is 0 Å². The predicted octanol–water partition coefficient (Wildman–Crippen LogP) is 3.62. The zero-order valence-electron chi connectivity index (χ0n) is 11.9. The summed E-state index contributed by atoms with van der Waals surface area (Å²) in [6, 6.07) is 10.5. The van der Waals surface area contributed by atoms with Gasteiger partial charge in [-0.25, -0.2) is 4.98 Å². The largest absolute Gasteiger partial charge is 0.357 e. The molecule has 4 rings (SSSR count). The van der Waals surface area contributed by atoms with E-state index in [1.165, 1.54) is 30.2 Å². The molecule has 4 heteroatoms.